The summed E-state index contributed by atoms with van der Waals surface area (Å²) in [5.41, 5.74) is 3.07. The maximum Gasteiger partial charge on any atom is 0.254 e. The van der Waals surface area contributed by atoms with E-state index in [0.29, 0.717) is 11.7 Å². The van der Waals surface area contributed by atoms with Gasteiger partial charge in [-0.2, -0.15) is 19.7 Å². The fourth-order valence-electron chi connectivity index (χ4n) is 3.87. The Hall–Kier alpha value is -2.15. The molecule has 0 aliphatic carbocycles. The van der Waals surface area contributed by atoms with Gasteiger partial charge in [-0.15, -0.1) is 0 Å². The average Bonchev–Trinajstić information content (AvgIpc) is 3.26. The molecule has 4 heterocycles. The third-order valence-electron chi connectivity index (χ3n) is 4.89. The standard InChI is InChI=1S/C18H24ClN7/c1-11(2)9-25-17(19)16(13(4)23-25)14-6-5-7-24(14)15-8-12(3)22-18-20-10-21-26(15)18/h8,10-11,14H,5-7,9H2,1-4H3. The highest BCUT2D eigenvalue weighted by atomic mass is 35.5. The summed E-state index contributed by atoms with van der Waals surface area (Å²) in [5.74, 6) is 2.14. The van der Waals surface area contributed by atoms with E-state index in [4.69, 9.17) is 16.7 Å². The lowest BCUT2D eigenvalue weighted by atomic mass is 10.1. The molecule has 0 aromatic carbocycles. The summed E-state index contributed by atoms with van der Waals surface area (Å²) in [6, 6.07) is 2.26. The van der Waals surface area contributed by atoms with Gasteiger partial charge in [0.15, 0.2) is 0 Å². The van der Waals surface area contributed by atoms with E-state index in [2.05, 4.69) is 46.8 Å². The zero-order chi connectivity index (χ0) is 18.4. The van der Waals surface area contributed by atoms with E-state index in [1.54, 1.807) is 6.33 Å². The van der Waals surface area contributed by atoms with Gasteiger partial charge in [0, 0.05) is 30.4 Å². The molecule has 7 nitrogen and oxygen atoms in total. The topological polar surface area (TPSA) is 64.1 Å². The second kappa shape index (κ2) is 6.54. The molecule has 26 heavy (non-hydrogen) atoms. The molecule has 1 atom stereocenters. The summed E-state index contributed by atoms with van der Waals surface area (Å²) in [6.45, 7) is 10.2. The number of fused-ring (bicyclic) bond motifs is 1. The van der Waals surface area contributed by atoms with Crippen molar-refractivity contribution in [1.82, 2.24) is 29.4 Å². The first-order valence-corrected chi connectivity index (χ1v) is 9.50. The van der Waals surface area contributed by atoms with Gasteiger partial charge in [0.2, 0.25) is 0 Å². The van der Waals surface area contributed by atoms with Crippen LogP contribution in [0.1, 0.15) is 49.7 Å². The molecule has 4 rings (SSSR count). The van der Waals surface area contributed by atoms with Crippen LogP contribution in [0.3, 0.4) is 0 Å². The van der Waals surface area contributed by atoms with Gasteiger partial charge < -0.3 is 4.90 Å². The van der Waals surface area contributed by atoms with Crippen LogP contribution < -0.4 is 4.90 Å². The smallest absolute Gasteiger partial charge is 0.254 e. The largest absolute Gasteiger partial charge is 0.349 e. The van der Waals surface area contributed by atoms with Gasteiger partial charge in [-0.25, -0.2) is 4.98 Å². The highest BCUT2D eigenvalue weighted by Gasteiger charge is 2.33. The summed E-state index contributed by atoms with van der Waals surface area (Å²) < 4.78 is 3.75. The summed E-state index contributed by atoms with van der Waals surface area (Å²) in [5, 5.41) is 9.83. The Bertz CT molecular complexity index is 943. The fourth-order valence-corrected chi connectivity index (χ4v) is 4.24. The fraction of sp³-hybridized carbons (Fsp3) is 0.556. The molecule has 3 aromatic heterocycles. The summed E-state index contributed by atoms with van der Waals surface area (Å²) >= 11 is 6.76. The van der Waals surface area contributed by atoms with Crippen molar-refractivity contribution in [2.24, 2.45) is 5.92 Å². The molecule has 0 saturated carbocycles. The normalized spacial score (nSPS) is 17.8. The minimum atomic E-state index is 0.192. The van der Waals surface area contributed by atoms with E-state index in [1.807, 2.05) is 16.1 Å². The Balaban J connectivity index is 1.78. The Kier molecular flexibility index (Phi) is 4.34. The highest BCUT2D eigenvalue weighted by Crippen LogP contribution is 2.40. The van der Waals surface area contributed by atoms with Gasteiger partial charge in [0.25, 0.3) is 5.78 Å². The molecule has 1 saturated heterocycles. The van der Waals surface area contributed by atoms with Crippen LogP contribution in [0.2, 0.25) is 5.15 Å². The van der Waals surface area contributed by atoms with E-state index in [0.717, 1.165) is 53.9 Å². The third kappa shape index (κ3) is 2.84. The number of halogens is 1. The van der Waals surface area contributed by atoms with Crippen molar-refractivity contribution in [2.75, 3.05) is 11.4 Å². The molecular formula is C18H24ClN7. The molecular weight excluding hydrogens is 350 g/mol. The molecule has 138 valence electrons. The summed E-state index contributed by atoms with van der Waals surface area (Å²) in [4.78, 5) is 11.1. The van der Waals surface area contributed by atoms with Crippen molar-refractivity contribution in [3.63, 3.8) is 0 Å². The molecule has 8 heteroatoms. The number of rotatable bonds is 4. The molecule has 1 aliphatic rings. The van der Waals surface area contributed by atoms with Crippen molar-refractivity contribution >= 4 is 23.2 Å². The van der Waals surface area contributed by atoms with Gasteiger partial charge in [0.1, 0.15) is 17.3 Å². The maximum absolute atomic E-state index is 6.76. The molecule has 1 aliphatic heterocycles. The first kappa shape index (κ1) is 17.3. The molecule has 0 N–H and O–H groups in total. The Morgan fingerprint density at radius 3 is 2.88 bits per heavy atom. The first-order chi connectivity index (χ1) is 12.5. The second-order valence-electron chi connectivity index (χ2n) is 7.44. The minimum Gasteiger partial charge on any atom is -0.349 e. The average molecular weight is 374 g/mol. The van der Waals surface area contributed by atoms with Crippen molar-refractivity contribution in [1.29, 1.82) is 0 Å². The van der Waals surface area contributed by atoms with Crippen LogP contribution in [0, 0.1) is 19.8 Å². The molecule has 0 spiro atoms. The van der Waals surface area contributed by atoms with Crippen LogP contribution in [0.5, 0.6) is 0 Å². The number of aromatic nitrogens is 6. The maximum atomic E-state index is 6.76. The van der Waals surface area contributed by atoms with Crippen molar-refractivity contribution in [3.8, 4) is 0 Å². The Morgan fingerprint density at radius 2 is 2.12 bits per heavy atom. The Morgan fingerprint density at radius 1 is 1.31 bits per heavy atom. The summed E-state index contributed by atoms with van der Waals surface area (Å²) in [7, 11) is 0. The van der Waals surface area contributed by atoms with Gasteiger partial charge in [-0.05, 0) is 32.6 Å². The van der Waals surface area contributed by atoms with Gasteiger partial charge in [-0.1, -0.05) is 25.4 Å². The zero-order valence-corrected chi connectivity index (χ0v) is 16.4. The van der Waals surface area contributed by atoms with Crippen LogP contribution in [0.25, 0.3) is 5.78 Å². The second-order valence-corrected chi connectivity index (χ2v) is 7.80. The lowest BCUT2D eigenvalue weighted by Crippen LogP contribution is -2.26. The third-order valence-corrected chi connectivity index (χ3v) is 5.29. The SMILES string of the molecule is Cc1cc(N2CCCC2c2c(C)nn(CC(C)C)c2Cl)n2ncnc2n1. The van der Waals surface area contributed by atoms with Crippen LogP contribution in [-0.2, 0) is 6.54 Å². The van der Waals surface area contributed by atoms with Gasteiger partial charge in [-0.3, -0.25) is 4.68 Å². The lowest BCUT2D eigenvalue weighted by molar-refractivity contribution is 0.481. The van der Waals surface area contributed by atoms with Crippen LogP contribution in [-0.4, -0.2) is 35.9 Å². The Labute approximate surface area is 158 Å². The number of aryl methyl sites for hydroxylation is 2. The first-order valence-electron chi connectivity index (χ1n) is 9.12. The van der Waals surface area contributed by atoms with Crippen LogP contribution in [0.15, 0.2) is 12.4 Å². The number of anilines is 1. The monoisotopic (exact) mass is 373 g/mol. The predicted molar refractivity (Wildman–Crippen MR) is 102 cm³/mol. The lowest BCUT2D eigenvalue weighted by Gasteiger charge is -2.27. The molecule has 0 amide bonds. The number of hydrogen-bond acceptors (Lipinski definition) is 5. The minimum absolute atomic E-state index is 0.192. The molecule has 1 unspecified atom stereocenters. The van der Waals surface area contributed by atoms with E-state index >= 15 is 0 Å². The van der Waals surface area contributed by atoms with E-state index in [1.165, 1.54) is 0 Å². The zero-order valence-electron chi connectivity index (χ0n) is 15.6. The van der Waals surface area contributed by atoms with Crippen molar-refractivity contribution in [2.45, 2.75) is 53.1 Å². The number of nitrogens with zero attached hydrogens (tertiary/aromatic N) is 7. The van der Waals surface area contributed by atoms with E-state index in [9.17, 15) is 0 Å². The summed E-state index contributed by atoms with van der Waals surface area (Å²) in [6.07, 6.45) is 3.70. The van der Waals surface area contributed by atoms with Crippen LogP contribution >= 0.6 is 11.6 Å². The molecule has 0 radical (unpaired) electrons. The van der Waals surface area contributed by atoms with Crippen LogP contribution in [0.4, 0.5) is 5.82 Å². The van der Waals surface area contributed by atoms with Crippen molar-refractivity contribution in [3.05, 3.63) is 34.5 Å². The highest BCUT2D eigenvalue weighted by molar-refractivity contribution is 6.30. The quantitative estimate of drug-likeness (QED) is 0.699. The van der Waals surface area contributed by atoms with Gasteiger partial charge in [0.05, 0.1) is 11.7 Å². The molecule has 1 fully saturated rings. The predicted octanol–water partition coefficient (Wildman–Crippen LogP) is 3.59. The van der Waals surface area contributed by atoms with E-state index < -0.39 is 0 Å². The number of hydrogen-bond donors (Lipinski definition) is 0. The van der Waals surface area contributed by atoms with E-state index in [-0.39, 0.29) is 6.04 Å². The van der Waals surface area contributed by atoms with Crippen molar-refractivity contribution < 1.29 is 0 Å². The molecule has 3 aromatic rings. The van der Waals surface area contributed by atoms with Gasteiger partial charge >= 0.3 is 0 Å². The molecule has 0 bridgehead atoms.